The average molecular weight is 314 g/mol. The van der Waals surface area contributed by atoms with Crippen LogP contribution in [0.4, 0.5) is 4.39 Å². The van der Waals surface area contributed by atoms with Crippen LogP contribution in [0, 0.1) is 5.82 Å². The van der Waals surface area contributed by atoms with Crippen molar-refractivity contribution in [3.63, 3.8) is 0 Å². The molecule has 1 N–H and O–H groups in total. The van der Waals surface area contributed by atoms with Crippen LogP contribution in [0.5, 0.6) is 0 Å². The minimum Gasteiger partial charge on any atom is -0.372 e. The second-order valence-electron chi connectivity index (χ2n) is 5.96. The molecule has 0 spiro atoms. The van der Waals surface area contributed by atoms with E-state index >= 15 is 0 Å². The molecule has 23 heavy (non-hydrogen) atoms. The minimum absolute atomic E-state index is 0.214. The zero-order chi connectivity index (χ0) is 15.9. The Morgan fingerprint density at radius 1 is 0.826 bits per heavy atom. The number of nitrogens with zero attached hydrogens (tertiary/aromatic N) is 1. The molecule has 0 amide bonds. The van der Waals surface area contributed by atoms with Gasteiger partial charge >= 0.3 is 0 Å². The second kappa shape index (κ2) is 8.20. The normalized spacial score (nSPS) is 15.7. The molecule has 1 aliphatic rings. The van der Waals surface area contributed by atoms with Gasteiger partial charge in [-0.3, -0.25) is 4.90 Å². The van der Waals surface area contributed by atoms with Crippen LogP contribution in [0.1, 0.15) is 16.7 Å². The monoisotopic (exact) mass is 314 g/mol. The highest BCUT2D eigenvalue weighted by Crippen LogP contribution is 2.11. The molecule has 122 valence electrons. The maximum Gasteiger partial charge on any atom is 0.123 e. The van der Waals surface area contributed by atoms with Gasteiger partial charge in [0.2, 0.25) is 0 Å². The first-order valence-electron chi connectivity index (χ1n) is 8.13. The van der Waals surface area contributed by atoms with Crippen LogP contribution in [-0.4, -0.2) is 31.1 Å². The Morgan fingerprint density at radius 2 is 1.35 bits per heavy atom. The van der Waals surface area contributed by atoms with Crippen molar-refractivity contribution in [3.05, 3.63) is 71.0 Å². The van der Waals surface area contributed by atoms with Crippen LogP contribution in [0.25, 0.3) is 0 Å². The summed E-state index contributed by atoms with van der Waals surface area (Å²) in [6, 6.07) is 15.0. The van der Waals surface area contributed by atoms with E-state index in [4.69, 9.17) is 4.74 Å². The van der Waals surface area contributed by atoms with E-state index < -0.39 is 0 Å². The molecule has 0 radical (unpaired) electrons. The van der Waals surface area contributed by atoms with E-state index in [1.165, 1.54) is 17.7 Å². The molecule has 0 unspecified atom stereocenters. The maximum absolute atomic E-state index is 12.8. The lowest BCUT2D eigenvalue weighted by molar-refractivity contribution is 0.107. The summed E-state index contributed by atoms with van der Waals surface area (Å²) in [5.74, 6) is -0.214. The molecule has 1 heterocycles. The predicted octanol–water partition coefficient (Wildman–Crippen LogP) is 2.95. The van der Waals surface area contributed by atoms with Gasteiger partial charge in [0, 0.05) is 32.7 Å². The summed E-state index contributed by atoms with van der Waals surface area (Å²) in [5, 5.41) is 3.37. The van der Waals surface area contributed by atoms with Crippen LogP contribution in [0.3, 0.4) is 0 Å². The number of benzene rings is 2. The Kier molecular flexibility index (Phi) is 5.75. The summed E-state index contributed by atoms with van der Waals surface area (Å²) in [4.78, 5) is 2.47. The molecule has 3 nitrogen and oxygen atoms in total. The van der Waals surface area contributed by atoms with Crippen molar-refractivity contribution in [2.24, 2.45) is 0 Å². The number of nitrogens with one attached hydrogen (secondary N) is 1. The molecule has 4 heteroatoms. The van der Waals surface area contributed by atoms with Gasteiger partial charge in [-0.25, -0.2) is 4.39 Å². The van der Waals surface area contributed by atoms with E-state index in [9.17, 15) is 4.39 Å². The zero-order valence-electron chi connectivity index (χ0n) is 13.3. The summed E-state index contributed by atoms with van der Waals surface area (Å²) in [7, 11) is 0. The molecular formula is C19H23FN2O. The first kappa shape index (κ1) is 16.1. The van der Waals surface area contributed by atoms with Crippen LogP contribution in [0.15, 0.2) is 48.5 Å². The van der Waals surface area contributed by atoms with E-state index in [0.29, 0.717) is 13.2 Å². The molecule has 0 aliphatic carbocycles. The van der Waals surface area contributed by atoms with Gasteiger partial charge in [0.05, 0.1) is 13.2 Å². The van der Waals surface area contributed by atoms with Crippen LogP contribution < -0.4 is 5.32 Å². The highest BCUT2D eigenvalue weighted by Gasteiger charge is 2.09. The number of ether oxygens (including phenoxy) is 1. The summed E-state index contributed by atoms with van der Waals surface area (Å²) in [6.45, 7) is 6.47. The van der Waals surface area contributed by atoms with Crippen molar-refractivity contribution in [1.82, 2.24) is 10.2 Å². The fourth-order valence-corrected chi connectivity index (χ4v) is 2.74. The maximum atomic E-state index is 12.8. The van der Waals surface area contributed by atoms with E-state index in [0.717, 1.165) is 43.9 Å². The van der Waals surface area contributed by atoms with E-state index in [-0.39, 0.29) is 5.82 Å². The Balaban J connectivity index is 1.44. The van der Waals surface area contributed by atoms with Crippen molar-refractivity contribution in [3.8, 4) is 0 Å². The van der Waals surface area contributed by atoms with E-state index in [2.05, 4.69) is 34.5 Å². The number of halogens is 1. The van der Waals surface area contributed by atoms with Gasteiger partial charge in [0.15, 0.2) is 0 Å². The minimum atomic E-state index is -0.214. The fourth-order valence-electron chi connectivity index (χ4n) is 2.74. The molecule has 3 rings (SSSR count). The molecule has 2 aromatic rings. The quantitative estimate of drug-likeness (QED) is 0.887. The van der Waals surface area contributed by atoms with Crippen LogP contribution >= 0.6 is 0 Å². The molecule has 1 aliphatic heterocycles. The van der Waals surface area contributed by atoms with Crippen molar-refractivity contribution in [1.29, 1.82) is 0 Å². The standard InChI is InChI=1S/C19H23FN2O/c20-19-7-5-18(6-8-19)15-23-14-17-3-1-16(2-4-17)13-22-11-9-21-10-12-22/h1-8,21H,9-15H2. The Hall–Kier alpha value is -1.75. The molecule has 1 fully saturated rings. The fraction of sp³-hybridized carbons (Fsp3) is 0.368. The van der Waals surface area contributed by atoms with Crippen molar-refractivity contribution in [2.75, 3.05) is 26.2 Å². The van der Waals surface area contributed by atoms with Crippen LogP contribution in [-0.2, 0) is 24.5 Å². The number of rotatable bonds is 6. The first-order valence-corrected chi connectivity index (χ1v) is 8.13. The topological polar surface area (TPSA) is 24.5 Å². The Labute approximate surface area is 137 Å². The van der Waals surface area contributed by atoms with Crippen molar-refractivity contribution in [2.45, 2.75) is 19.8 Å². The molecule has 1 saturated heterocycles. The number of piperazine rings is 1. The third kappa shape index (κ3) is 5.13. The zero-order valence-corrected chi connectivity index (χ0v) is 13.3. The number of hydrogen-bond donors (Lipinski definition) is 1. The highest BCUT2D eigenvalue weighted by molar-refractivity contribution is 5.22. The summed E-state index contributed by atoms with van der Waals surface area (Å²) >= 11 is 0. The van der Waals surface area contributed by atoms with Gasteiger partial charge in [-0.2, -0.15) is 0 Å². The average Bonchev–Trinajstić information content (AvgIpc) is 2.59. The lowest BCUT2D eigenvalue weighted by Crippen LogP contribution is -2.42. The van der Waals surface area contributed by atoms with E-state index in [1.54, 1.807) is 12.1 Å². The van der Waals surface area contributed by atoms with Gasteiger partial charge in [-0.05, 0) is 28.8 Å². The lowest BCUT2D eigenvalue weighted by Gasteiger charge is -2.27. The van der Waals surface area contributed by atoms with Crippen LogP contribution in [0.2, 0.25) is 0 Å². The third-order valence-corrected chi connectivity index (χ3v) is 4.09. The molecule has 0 atom stereocenters. The smallest absolute Gasteiger partial charge is 0.123 e. The van der Waals surface area contributed by atoms with Gasteiger partial charge < -0.3 is 10.1 Å². The van der Waals surface area contributed by atoms with Crippen molar-refractivity contribution >= 4 is 0 Å². The van der Waals surface area contributed by atoms with Gasteiger partial charge in [-0.15, -0.1) is 0 Å². The molecule has 2 aromatic carbocycles. The first-order chi connectivity index (χ1) is 11.3. The van der Waals surface area contributed by atoms with Gasteiger partial charge in [0.1, 0.15) is 5.82 Å². The highest BCUT2D eigenvalue weighted by atomic mass is 19.1. The summed E-state index contributed by atoms with van der Waals surface area (Å²) in [5.41, 5.74) is 3.49. The predicted molar refractivity (Wildman–Crippen MR) is 89.5 cm³/mol. The third-order valence-electron chi connectivity index (χ3n) is 4.09. The SMILES string of the molecule is Fc1ccc(COCc2ccc(CN3CCNCC3)cc2)cc1. The van der Waals surface area contributed by atoms with Crippen molar-refractivity contribution < 1.29 is 9.13 Å². The van der Waals surface area contributed by atoms with Gasteiger partial charge in [0.25, 0.3) is 0 Å². The molecular weight excluding hydrogens is 291 g/mol. The number of hydrogen-bond acceptors (Lipinski definition) is 3. The molecule has 0 saturated carbocycles. The lowest BCUT2D eigenvalue weighted by atomic mass is 10.1. The Morgan fingerprint density at radius 3 is 1.96 bits per heavy atom. The second-order valence-corrected chi connectivity index (χ2v) is 5.96. The van der Waals surface area contributed by atoms with E-state index in [1.807, 2.05) is 0 Å². The van der Waals surface area contributed by atoms with Gasteiger partial charge in [-0.1, -0.05) is 36.4 Å². The molecule has 0 bridgehead atoms. The summed E-state index contributed by atoms with van der Waals surface area (Å²) in [6.07, 6.45) is 0. The summed E-state index contributed by atoms with van der Waals surface area (Å²) < 4.78 is 18.5. The largest absolute Gasteiger partial charge is 0.372 e. The molecule has 0 aromatic heterocycles. The Bertz CT molecular complexity index is 592.